The minimum atomic E-state index is -0.485. The molecule has 2 aromatic heterocycles. The maximum absolute atomic E-state index is 12.8. The molecule has 7 heteroatoms. The summed E-state index contributed by atoms with van der Waals surface area (Å²) in [5.74, 6) is 0.225. The molecule has 0 aliphatic carbocycles. The first-order valence-corrected chi connectivity index (χ1v) is 7.00. The predicted octanol–water partition coefficient (Wildman–Crippen LogP) is 1.93. The highest BCUT2D eigenvalue weighted by Crippen LogP contribution is 2.22. The summed E-state index contributed by atoms with van der Waals surface area (Å²) in [6.07, 6.45) is 5.38. The number of nitriles is 1. The summed E-state index contributed by atoms with van der Waals surface area (Å²) in [7, 11) is 0. The molecule has 0 saturated carbocycles. The second-order valence-electron chi connectivity index (χ2n) is 4.97. The molecular formula is C15H14FN5O. The summed E-state index contributed by atoms with van der Waals surface area (Å²) in [5, 5.41) is 9.13. The molecule has 0 unspecified atom stereocenters. The molecule has 0 radical (unpaired) electrons. The summed E-state index contributed by atoms with van der Waals surface area (Å²) >= 11 is 0. The van der Waals surface area contributed by atoms with E-state index in [-0.39, 0.29) is 12.1 Å². The fraction of sp³-hybridized carbons (Fsp3) is 0.333. The van der Waals surface area contributed by atoms with Crippen molar-refractivity contribution >= 4 is 5.82 Å². The molecule has 22 heavy (non-hydrogen) atoms. The number of aromatic nitrogens is 3. The largest absolute Gasteiger partial charge is 0.460 e. The van der Waals surface area contributed by atoms with Gasteiger partial charge in [0, 0.05) is 32.1 Å². The van der Waals surface area contributed by atoms with E-state index in [9.17, 15) is 4.39 Å². The normalized spacial score (nSPS) is 15.4. The first-order chi connectivity index (χ1) is 10.8. The van der Waals surface area contributed by atoms with Crippen LogP contribution in [0.2, 0.25) is 0 Å². The van der Waals surface area contributed by atoms with Crippen LogP contribution in [0.5, 0.6) is 6.01 Å². The summed E-state index contributed by atoms with van der Waals surface area (Å²) in [6, 6.07) is 5.86. The monoisotopic (exact) mass is 299 g/mol. The van der Waals surface area contributed by atoms with E-state index < -0.39 is 5.82 Å². The minimum Gasteiger partial charge on any atom is -0.460 e. The van der Waals surface area contributed by atoms with Crippen molar-refractivity contribution in [2.24, 2.45) is 0 Å². The van der Waals surface area contributed by atoms with Gasteiger partial charge in [0.15, 0.2) is 5.82 Å². The van der Waals surface area contributed by atoms with E-state index in [4.69, 9.17) is 10.00 Å². The molecule has 3 rings (SSSR count). The van der Waals surface area contributed by atoms with Crippen LogP contribution in [0.3, 0.4) is 0 Å². The van der Waals surface area contributed by atoms with Crippen LogP contribution in [0, 0.1) is 17.1 Å². The van der Waals surface area contributed by atoms with Gasteiger partial charge in [0.2, 0.25) is 0 Å². The number of nitrogens with zero attached hydrogens (tertiary/aromatic N) is 5. The average molecular weight is 299 g/mol. The molecular weight excluding hydrogens is 285 g/mol. The molecule has 0 atom stereocenters. The van der Waals surface area contributed by atoms with Crippen LogP contribution >= 0.6 is 0 Å². The fourth-order valence-electron chi connectivity index (χ4n) is 2.43. The molecule has 0 spiro atoms. The van der Waals surface area contributed by atoms with Gasteiger partial charge in [-0.2, -0.15) is 5.26 Å². The fourth-order valence-corrected chi connectivity index (χ4v) is 2.43. The highest BCUT2D eigenvalue weighted by atomic mass is 19.1. The third kappa shape index (κ3) is 3.11. The predicted molar refractivity (Wildman–Crippen MR) is 76.8 cm³/mol. The Morgan fingerprint density at radius 2 is 1.95 bits per heavy atom. The van der Waals surface area contributed by atoms with Gasteiger partial charge in [-0.25, -0.2) is 19.3 Å². The quantitative estimate of drug-likeness (QED) is 0.862. The van der Waals surface area contributed by atoms with Crippen molar-refractivity contribution in [3.8, 4) is 12.1 Å². The van der Waals surface area contributed by atoms with Gasteiger partial charge in [0.25, 0.3) is 0 Å². The molecule has 1 saturated heterocycles. The Morgan fingerprint density at radius 3 is 2.64 bits per heavy atom. The summed E-state index contributed by atoms with van der Waals surface area (Å²) in [4.78, 5) is 14.0. The second kappa shape index (κ2) is 6.35. The molecule has 0 N–H and O–H groups in total. The summed E-state index contributed by atoms with van der Waals surface area (Å²) in [5.41, 5.74) is 0.573. The van der Waals surface area contributed by atoms with Gasteiger partial charge in [-0.1, -0.05) is 0 Å². The smallest absolute Gasteiger partial charge is 0.316 e. The lowest BCUT2D eigenvalue weighted by molar-refractivity contribution is 0.155. The molecule has 1 fully saturated rings. The molecule has 0 bridgehead atoms. The first-order valence-electron chi connectivity index (χ1n) is 7.00. The molecule has 1 aliphatic rings. The number of rotatable bonds is 3. The van der Waals surface area contributed by atoms with Crippen LogP contribution in [0.25, 0.3) is 0 Å². The Balaban J connectivity index is 1.61. The maximum atomic E-state index is 12.8. The Morgan fingerprint density at radius 1 is 1.23 bits per heavy atom. The van der Waals surface area contributed by atoms with Crippen LogP contribution in [-0.4, -0.2) is 34.1 Å². The standard InChI is InChI=1S/C15H14FN5O/c16-12-9-19-15(20-10-12)22-13-3-6-21(7-4-13)14-11(8-17)2-1-5-18-14/h1-2,5,9-10,13H,3-4,6-7H2. The van der Waals surface area contributed by atoms with E-state index in [0.717, 1.165) is 38.3 Å². The van der Waals surface area contributed by atoms with Crippen LogP contribution in [0.4, 0.5) is 10.2 Å². The van der Waals surface area contributed by atoms with Crippen molar-refractivity contribution in [2.45, 2.75) is 18.9 Å². The van der Waals surface area contributed by atoms with Crippen molar-refractivity contribution in [2.75, 3.05) is 18.0 Å². The Kier molecular flexibility index (Phi) is 4.10. The molecule has 3 heterocycles. The maximum Gasteiger partial charge on any atom is 0.316 e. The number of ether oxygens (including phenoxy) is 1. The van der Waals surface area contributed by atoms with E-state index in [2.05, 4.69) is 25.9 Å². The number of piperidine rings is 1. The Bertz CT molecular complexity index is 677. The van der Waals surface area contributed by atoms with Gasteiger partial charge in [0.05, 0.1) is 18.0 Å². The molecule has 6 nitrogen and oxygen atoms in total. The van der Waals surface area contributed by atoms with Crippen molar-refractivity contribution in [3.05, 3.63) is 42.1 Å². The number of pyridine rings is 1. The third-order valence-electron chi connectivity index (χ3n) is 3.52. The lowest BCUT2D eigenvalue weighted by Gasteiger charge is -2.32. The Hall–Kier alpha value is -2.75. The number of halogens is 1. The van der Waals surface area contributed by atoms with E-state index >= 15 is 0 Å². The van der Waals surface area contributed by atoms with E-state index in [1.807, 2.05) is 0 Å². The van der Waals surface area contributed by atoms with Crippen molar-refractivity contribution in [1.82, 2.24) is 15.0 Å². The van der Waals surface area contributed by atoms with Gasteiger partial charge < -0.3 is 9.64 Å². The highest BCUT2D eigenvalue weighted by Gasteiger charge is 2.23. The van der Waals surface area contributed by atoms with Crippen LogP contribution in [-0.2, 0) is 0 Å². The lowest BCUT2D eigenvalue weighted by atomic mass is 10.1. The Labute approximate surface area is 127 Å². The van der Waals surface area contributed by atoms with Gasteiger partial charge in [-0.05, 0) is 12.1 Å². The van der Waals surface area contributed by atoms with Crippen molar-refractivity contribution < 1.29 is 9.13 Å². The van der Waals surface area contributed by atoms with Crippen molar-refractivity contribution in [3.63, 3.8) is 0 Å². The molecule has 0 amide bonds. The van der Waals surface area contributed by atoms with Crippen LogP contribution < -0.4 is 9.64 Å². The second-order valence-corrected chi connectivity index (χ2v) is 4.97. The van der Waals surface area contributed by atoms with E-state index in [1.165, 1.54) is 0 Å². The first kappa shape index (κ1) is 14.2. The molecule has 0 aromatic carbocycles. The highest BCUT2D eigenvalue weighted by molar-refractivity contribution is 5.53. The van der Waals surface area contributed by atoms with Gasteiger partial charge >= 0.3 is 6.01 Å². The average Bonchev–Trinajstić information content (AvgIpc) is 2.58. The number of hydrogen-bond donors (Lipinski definition) is 0. The van der Waals surface area contributed by atoms with E-state index in [0.29, 0.717) is 11.4 Å². The third-order valence-corrected chi connectivity index (χ3v) is 3.52. The SMILES string of the molecule is N#Cc1cccnc1N1CCC(Oc2ncc(F)cn2)CC1. The zero-order valence-electron chi connectivity index (χ0n) is 11.8. The zero-order valence-corrected chi connectivity index (χ0v) is 11.8. The molecule has 1 aliphatic heterocycles. The minimum absolute atomic E-state index is 0.0176. The summed E-state index contributed by atoms with van der Waals surface area (Å²) in [6.45, 7) is 1.47. The molecule has 2 aromatic rings. The molecule has 112 valence electrons. The lowest BCUT2D eigenvalue weighted by Crippen LogP contribution is -2.39. The van der Waals surface area contributed by atoms with Crippen LogP contribution in [0.15, 0.2) is 30.7 Å². The van der Waals surface area contributed by atoms with Gasteiger partial charge in [-0.15, -0.1) is 0 Å². The van der Waals surface area contributed by atoms with Gasteiger partial charge in [0.1, 0.15) is 18.0 Å². The number of anilines is 1. The number of hydrogen-bond acceptors (Lipinski definition) is 6. The zero-order chi connectivity index (χ0) is 15.4. The van der Waals surface area contributed by atoms with E-state index in [1.54, 1.807) is 18.3 Å². The van der Waals surface area contributed by atoms with Crippen molar-refractivity contribution in [1.29, 1.82) is 5.26 Å². The summed E-state index contributed by atoms with van der Waals surface area (Å²) < 4.78 is 18.4. The topological polar surface area (TPSA) is 74.9 Å². The van der Waals surface area contributed by atoms with Gasteiger partial charge in [-0.3, -0.25) is 0 Å². The van der Waals surface area contributed by atoms with Crippen LogP contribution in [0.1, 0.15) is 18.4 Å².